The first-order chi connectivity index (χ1) is 19.2. The van der Waals surface area contributed by atoms with Crippen molar-refractivity contribution < 1.29 is 4.79 Å². The number of nitrogens with zero attached hydrogens (tertiary/aromatic N) is 4. The van der Waals surface area contributed by atoms with Crippen molar-refractivity contribution in [1.82, 2.24) is 25.1 Å². The standard InChI is InChI=1S/C32H39N7O/c1-6-35-32(15-16-32)25-11-8-23(9-12-25)30(40)36-26-13-7-22(2)24(19-26)10-14-27-20-29(39(38-27)31(3,4)5)37-28-21-33-17-18-34-28/h7-9,11-13,17-21,35H,6,10,14-16H2,1-5H3,(H,34,37)(H,36,40). The first kappa shape index (κ1) is 27.5. The normalized spacial score (nSPS) is 14.1. The molecule has 4 aromatic rings. The molecular weight excluding hydrogens is 498 g/mol. The van der Waals surface area contributed by atoms with E-state index in [-0.39, 0.29) is 17.0 Å². The van der Waals surface area contributed by atoms with Gasteiger partial charge in [-0.25, -0.2) is 9.67 Å². The van der Waals surface area contributed by atoms with Crippen molar-refractivity contribution in [2.24, 2.45) is 0 Å². The van der Waals surface area contributed by atoms with E-state index in [1.807, 2.05) is 22.9 Å². The Morgan fingerprint density at radius 3 is 2.45 bits per heavy atom. The molecular formula is C32H39N7O. The van der Waals surface area contributed by atoms with E-state index >= 15 is 0 Å². The Labute approximate surface area is 236 Å². The highest BCUT2D eigenvalue weighted by atomic mass is 16.1. The predicted molar refractivity (Wildman–Crippen MR) is 160 cm³/mol. The molecule has 0 spiro atoms. The van der Waals surface area contributed by atoms with Crippen LogP contribution in [0.5, 0.6) is 0 Å². The number of carbonyl (C=O) groups is 1. The van der Waals surface area contributed by atoms with Gasteiger partial charge in [0.25, 0.3) is 5.91 Å². The van der Waals surface area contributed by atoms with E-state index in [1.165, 1.54) is 16.7 Å². The number of hydrogen-bond acceptors (Lipinski definition) is 6. The summed E-state index contributed by atoms with van der Waals surface area (Å²) in [7, 11) is 0. The van der Waals surface area contributed by atoms with Crippen molar-refractivity contribution in [2.75, 3.05) is 17.2 Å². The second kappa shape index (κ2) is 11.2. The van der Waals surface area contributed by atoms with Crippen molar-refractivity contribution in [2.45, 2.75) is 71.4 Å². The van der Waals surface area contributed by atoms with Crippen molar-refractivity contribution in [1.29, 1.82) is 0 Å². The average molecular weight is 538 g/mol. The van der Waals surface area contributed by atoms with Gasteiger partial charge in [0.15, 0.2) is 0 Å². The molecule has 8 nitrogen and oxygen atoms in total. The van der Waals surface area contributed by atoms with Gasteiger partial charge in [-0.1, -0.05) is 25.1 Å². The summed E-state index contributed by atoms with van der Waals surface area (Å²) in [5, 5.41) is 14.9. The Bertz CT molecular complexity index is 1470. The quantitative estimate of drug-likeness (QED) is 0.226. The smallest absolute Gasteiger partial charge is 0.255 e. The molecule has 0 aliphatic heterocycles. The number of aromatic nitrogens is 4. The summed E-state index contributed by atoms with van der Waals surface area (Å²) in [6.07, 6.45) is 8.89. The SMILES string of the molecule is CCNC1(c2ccc(C(=O)Nc3ccc(C)c(CCc4cc(Nc5cnccn5)n(C(C)(C)C)n4)c3)cc2)CC1. The maximum Gasteiger partial charge on any atom is 0.255 e. The fourth-order valence-electron chi connectivity index (χ4n) is 5.10. The summed E-state index contributed by atoms with van der Waals surface area (Å²) in [6.45, 7) is 11.6. The van der Waals surface area contributed by atoms with Crippen LogP contribution < -0.4 is 16.0 Å². The molecule has 0 saturated heterocycles. The second-order valence-corrected chi connectivity index (χ2v) is 11.6. The van der Waals surface area contributed by atoms with Crippen molar-refractivity contribution in [3.63, 3.8) is 0 Å². The minimum Gasteiger partial charge on any atom is -0.324 e. The first-order valence-corrected chi connectivity index (χ1v) is 14.1. The first-order valence-electron chi connectivity index (χ1n) is 14.1. The van der Waals surface area contributed by atoms with Gasteiger partial charge in [-0.15, -0.1) is 0 Å². The van der Waals surface area contributed by atoms with E-state index in [9.17, 15) is 4.79 Å². The highest BCUT2D eigenvalue weighted by Gasteiger charge is 2.43. The molecule has 2 heterocycles. The van der Waals surface area contributed by atoms with E-state index < -0.39 is 0 Å². The van der Waals surface area contributed by atoms with Crippen LogP contribution in [-0.4, -0.2) is 32.2 Å². The van der Waals surface area contributed by atoms with Crippen molar-refractivity contribution in [3.05, 3.63) is 95.1 Å². The lowest BCUT2D eigenvalue weighted by Crippen LogP contribution is -2.28. The highest BCUT2D eigenvalue weighted by Crippen LogP contribution is 2.45. The molecule has 5 rings (SSSR count). The largest absolute Gasteiger partial charge is 0.324 e. The summed E-state index contributed by atoms with van der Waals surface area (Å²) in [4.78, 5) is 21.5. The van der Waals surface area contributed by atoms with Gasteiger partial charge in [0.1, 0.15) is 11.6 Å². The van der Waals surface area contributed by atoms with Gasteiger partial charge >= 0.3 is 0 Å². The zero-order chi connectivity index (χ0) is 28.3. The van der Waals surface area contributed by atoms with E-state index in [2.05, 4.69) is 90.9 Å². The molecule has 1 aliphatic carbocycles. The highest BCUT2D eigenvalue weighted by molar-refractivity contribution is 6.04. The van der Waals surface area contributed by atoms with Crippen LogP contribution in [0.25, 0.3) is 0 Å². The Balaban J connectivity index is 1.26. The molecule has 0 bridgehead atoms. The maximum absolute atomic E-state index is 13.0. The minimum absolute atomic E-state index is 0.0988. The third kappa shape index (κ3) is 6.23. The van der Waals surface area contributed by atoms with Gasteiger partial charge in [0, 0.05) is 35.2 Å². The zero-order valence-electron chi connectivity index (χ0n) is 24.1. The third-order valence-corrected chi connectivity index (χ3v) is 7.44. The Kier molecular flexibility index (Phi) is 7.72. The molecule has 2 aromatic heterocycles. The second-order valence-electron chi connectivity index (χ2n) is 11.6. The molecule has 0 atom stereocenters. The molecule has 3 N–H and O–H groups in total. The van der Waals surface area contributed by atoms with Crippen LogP contribution in [0.3, 0.4) is 0 Å². The molecule has 40 heavy (non-hydrogen) atoms. The number of hydrogen-bond donors (Lipinski definition) is 3. The number of anilines is 3. The van der Waals surface area contributed by atoms with Gasteiger partial charge in [-0.3, -0.25) is 9.78 Å². The molecule has 0 radical (unpaired) electrons. The van der Waals surface area contributed by atoms with Crippen LogP contribution >= 0.6 is 0 Å². The number of amides is 1. The van der Waals surface area contributed by atoms with E-state index in [0.717, 1.165) is 49.4 Å². The Hall–Kier alpha value is -4.04. The number of aryl methyl sites for hydroxylation is 3. The van der Waals surface area contributed by atoms with Crippen LogP contribution in [0.2, 0.25) is 0 Å². The molecule has 208 valence electrons. The monoisotopic (exact) mass is 537 g/mol. The summed E-state index contributed by atoms with van der Waals surface area (Å²) in [6, 6.07) is 16.2. The molecule has 1 aliphatic rings. The van der Waals surface area contributed by atoms with Crippen LogP contribution in [0.4, 0.5) is 17.3 Å². The van der Waals surface area contributed by atoms with Crippen LogP contribution in [0.1, 0.15) is 73.3 Å². The molecule has 1 fully saturated rings. The number of carbonyl (C=O) groups excluding carboxylic acids is 1. The number of benzene rings is 2. The van der Waals surface area contributed by atoms with Crippen LogP contribution in [-0.2, 0) is 23.9 Å². The lowest BCUT2D eigenvalue weighted by molar-refractivity contribution is 0.102. The zero-order valence-corrected chi connectivity index (χ0v) is 24.1. The Morgan fingerprint density at radius 1 is 1.02 bits per heavy atom. The maximum atomic E-state index is 13.0. The van der Waals surface area contributed by atoms with Crippen molar-refractivity contribution >= 4 is 23.2 Å². The van der Waals surface area contributed by atoms with Crippen molar-refractivity contribution in [3.8, 4) is 0 Å². The van der Waals surface area contributed by atoms with E-state index in [4.69, 9.17) is 5.10 Å². The lowest BCUT2D eigenvalue weighted by atomic mass is 10.0. The number of nitrogens with one attached hydrogen (secondary N) is 3. The predicted octanol–water partition coefficient (Wildman–Crippen LogP) is 6.12. The van der Waals surface area contributed by atoms with Gasteiger partial charge < -0.3 is 16.0 Å². The van der Waals surface area contributed by atoms with Gasteiger partial charge in [0.2, 0.25) is 0 Å². The molecule has 2 aromatic carbocycles. The fourth-order valence-corrected chi connectivity index (χ4v) is 5.10. The summed E-state index contributed by atoms with van der Waals surface area (Å²) < 4.78 is 2.00. The van der Waals surface area contributed by atoms with Crippen LogP contribution in [0.15, 0.2) is 67.1 Å². The minimum atomic E-state index is -0.202. The number of rotatable bonds is 10. The molecule has 8 heteroatoms. The molecule has 0 unspecified atom stereocenters. The topological polar surface area (TPSA) is 96.8 Å². The third-order valence-electron chi connectivity index (χ3n) is 7.44. The van der Waals surface area contributed by atoms with Gasteiger partial charge in [-0.2, -0.15) is 5.10 Å². The molecule has 1 amide bonds. The molecule has 1 saturated carbocycles. The van der Waals surface area contributed by atoms with E-state index in [1.54, 1.807) is 18.6 Å². The van der Waals surface area contributed by atoms with Crippen LogP contribution in [0, 0.1) is 6.92 Å². The summed E-state index contributed by atoms with van der Waals surface area (Å²) in [5.74, 6) is 1.46. The summed E-state index contributed by atoms with van der Waals surface area (Å²) in [5.41, 5.74) is 5.98. The average Bonchev–Trinajstić information content (AvgIpc) is 3.60. The van der Waals surface area contributed by atoms with Gasteiger partial charge in [-0.05, 0) is 101 Å². The lowest BCUT2D eigenvalue weighted by Gasteiger charge is -2.22. The fraction of sp³-hybridized carbons (Fsp3) is 0.375. The summed E-state index contributed by atoms with van der Waals surface area (Å²) >= 11 is 0. The Morgan fingerprint density at radius 2 is 1.80 bits per heavy atom. The van der Waals surface area contributed by atoms with Gasteiger partial charge in [0.05, 0.1) is 17.4 Å². The van der Waals surface area contributed by atoms with E-state index in [0.29, 0.717) is 11.4 Å².